The first-order valence-corrected chi connectivity index (χ1v) is 12.0. The molecule has 35 heavy (non-hydrogen) atoms. The highest BCUT2D eigenvalue weighted by molar-refractivity contribution is 6.33. The molecule has 0 aliphatic carbocycles. The maximum atomic E-state index is 12.2. The highest BCUT2D eigenvalue weighted by atomic mass is 35.5. The molecule has 3 aromatic heterocycles. The minimum Gasteiger partial charge on any atom is -0.444 e. The first-order chi connectivity index (χ1) is 16.7. The number of aromatic nitrogens is 4. The van der Waals surface area contributed by atoms with E-state index in [0.717, 1.165) is 41.1 Å². The van der Waals surface area contributed by atoms with Gasteiger partial charge in [0.05, 0.1) is 22.9 Å². The van der Waals surface area contributed by atoms with E-state index in [9.17, 15) is 4.79 Å². The number of alkyl carbamates (subject to hydrolysis) is 1. The molecule has 1 aliphatic heterocycles. The minimum absolute atomic E-state index is 0.000766. The first-order valence-electron chi connectivity index (χ1n) is 11.6. The largest absolute Gasteiger partial charge is 0.444 e. The predicted molar refractivity (Wildman–Crippen MR) is 138 cm³/mol. The van der Waals surface area contributed by atoms with Gasteiger partial charge in [-0.2, -0.15) is 0 Å². The lowest BCUT2D eigenvalue weighted by Crippen LogP contribution is -2.40. The van der Waals surface area contributed by atoms with E-state index in [4.69, 9.17) is 26.3 Å². The molecule has 1 aliphatic rings. The summed E-state index contributed by atoms with van der Waals surface area (Å²) in [5.74, 6) is 1.48. The van der Waals surface area contributed by atoms with Crippen molar-refractivity contribution in [2.75, 3.05) is 23.3 Å². The summed E-state index contributed by atoms with van der Waals surface area (Å²) in [7, 11) is 0. The molecule has 5 rings (SSSR count). The van der Waals surface area contributed by atoms with Gasteiger partial charge in [-0.05, 0) is 57.9 Å². The van der Waals surface area contributed by atoms with E-state index in [0.29, 0.717) is 23.0 Å². The van der Waals surface area contributed by atoms with Crippen LogP contribution in [-0.4, -0.2) is 50.2 Å². The number of nitrogens with zero attached hydrogens (tertiary/aromatic N) is 5. The number of rotatable bonds is 4. The van der Waals surface area contributed by atoms with E-state index < -0.39 is 11.7 Å². The fourth-order valence-corrected chi connectivity index (χ4v) is 4.52. The molecular weight excluding hydrogens is 466 g/mol. The number of fused-ring (bicyclic) bond motifs is 3. The predicted octanol–water partition coefficient (Wildman–Crippen LogP) is 5.09. The summed E-state index contributed by atoms with van der Waals surface area (Å²) in [6.07, 6.45) is 3.91. The van der Waals surface area contributed by atoms with Crippen molar-refractivity contribution in [1.29, 1.82) is 0 Å². The number of para-hydroxylation sites is 1. The highest BCUT2D eigenvalue weighted by Crippen LogP contribution is 2.31. The zero-order chi connectivity index (χ0) is 24.7. The van der Waals surface area contributed by atoms with Gasteiger partial charge in [0.1, 0.15) is 28.8 Å². The van der Waals surface area contributed by atoms with Gasteiger partial charge in [0, 0.05) is 13.1 Å². The van der Waals surface area contributed by atoms with Crippen molar-refractivity contribution in [2.45, 2.75) is 45.8 Å². The molecule has 1 fully saturated rings. The zero-order valence-electron chi connectivity index (χ0n) is 20.2. The van der Waals surface area contributed by atoms with E-state index in [1.807, 2.05) is 62.4 Å². The number of carbonyl (C=O) groups is 1. The number of halogens is 1. The summed E-state index contributed by atoms with van der Waals surface area (Å²) in [5, 5.41) is 6.96. The average molecular weight is 494 g/mol. The smallest absolute Gasteiger partial charge is 0.407 e. The monoisotopic (exact) mass is 493 g/mol. The van der Waals surface area contributed by atoms with Gasteiger partial charge in [0.25, 0.3) is 0 Å². The topological polar surface area (TPSA) is 96.7 Å². The number of benzene rings is 1. The van der Waals surface area contributed by atoms with Gasteiger partial charge in [-0.15, -0.1) is 0 Å². The van der Waals surface area contributed by atoms with Crippen molar-refractivity contribution < 1.29 is 9.53 Å². The molecule has 0 saturated carbocycles. The van der Waals surface area contributed by atoms with E-state index in [1.54, 1.807) is 12.5 Å². The van der Waals surface area contributed by atoms with Gasteiger partial charge in [-0.25, -0.2) is 19.7 Å². The standard InChI is InChI=1S/C25H28ClN7O2/c1-15-6-5-7-17(26)21(15)31-22-19-12-27-14-33(19)23-18(29-22)8-9-20(30-23)32-11-10-16(13-32)28-24(34)35-25(2,3)4/h5-9,12,14,16H,10-11,13H2,1-4H3,(H,28,34)(H,29,31)/t16-/m0/s1. The summed E-state index contributed by atoms with van der Waals surface area (Å²) in [6, 6.07) is 9.68. The number of aryl methyl sites for hydroxylation is 1. The molecule has 4 aromatic rings. The van der Waals surface area contributed by atoms with Crippen molar-refractivity contribution in [1.82, 2.24) is 24.7 Å². The van der Waals surface area contributed by atoms with Crippen LogP contribution in [0.25, 0.3) is 16.7 Å². The van der Waals surface area contributed by atoms with Crippen LogP contribution in [0, 0.1) is 6.92 Å². The number of anilines is 3. The van der Waals surface area contributed by atoms with Gasteiger partial charge >= 0.3 is 6.09 Å². The molecule has 10 heteroatoms. The summed E-state index contributed by atoms with van der Waals surface area (Å²) in [4.78, 5) is 28.4. The van der Waals surface area contributed by atoms with Crippen LogP contribution < -0.4 is 15.5 Å². The number of hydrogen-bond acceptors (Lipinski definition) is 7. The fraction of sp³-hybridized carbons (Fsp3) is 0.360. The van der Waals surface area contributed by atoms with Crippen molar-refractivity contribution in [3.8, 4) is 0 Å². The van der Waals surface area contributed by atoms with Crippen LogP contribution in [0.2, 0.25) is 5.02 Å². The summed E-state index contributed by atoms with van der Waals surface area (Å²) >= 11 is 6.43. The molecule has 182 valence electrons. The van der Waals surface area contributed by atoms with Crippen LogP contribution >= 0.6 is 11.6 Å². The Labute approximate surface area is 208 Å². The second-order valence-corrected chi connectivity index (χ2v) is 10.2. The lowest BCUT2D eigenvalue weighted by Gasteiger charge is -2.22. The third-order valence-electron chi connectivity index (χ3n) is 5.88. The third kappa shape index (κ3) is 4.81. The molecule has 0 radical (unpaired) electrons. The molecule has 1 aromatic carbocycles. The molecule has 0 unspecified atom stereocenters. The van der Waals surface area contributed by atoms with Crippen LogP contribution in [-0.2, 0) is 4.74 Å². The number of pyridine rings is 1. The van der Waals surface area contributed by atoms with E-state index in [-0.39, 0.29) is 6.04 Å². The second-order valence-electron chi connectivity index (χ2n) is 9.76. The van der Waals surface area contributed by atoms with Crippen LogP contribution in [0.5, 0.6) is 0 Å². The number of hydrogen-bond donors (Lipinski definition) is 2. The maximum Gasteiger partial charge on any atom is 0.407 e. The Morgan fingerprint density at radius 1 is 1.20 bits per heavy atom. The number of amides is 1. The van der Waals surface area contributed by atoms with Crippen molar-refractivity contribution in [3.63, 3.8) is 0 Å². The molecule has 9 nitrogen and oxygen atoms in total. The summed E-state index contributed by atoms with van der Waals surface area (Å²) < 4.78 is 7.31. The average Bonchev–Trinajstić information content (AvgIpc) is 3.45. The Morgan fingerprint density at radius 2 is 2.03 bits per heavy atom. The van der Waals surface area contributed by atoms with Crippen LogP contribution in [0.4, 0.5) is 22.1 Å². The van der Waals surface area contributed by atoms with Crippen LogP contribution in [0.3, 0.4) is 0 Å². The Kier molecular flexibility index (Phi) is 5.88. The fourth-order valence-electron chi connectivity index (χ4n) is 4.25. The number of ether oxygens (including phenoxy) is 1. The SMILES string of the molecule is Cc1cccc(Cl)c1Nc1nc2ccc(N3CC[C@H](NC(=O)OC(C)(C)C)C3)nc2n2cncc12. The zero-order valence-corrected chi connectivity index (χ0v) is 20.9. The lowest BCUT2D eigenvalue weighted by molar-refractivity contribution is 0.0509. The van der Waals surface area contributed by atoms with E-state index >= 15 is 0 Å². The Morgan fingerprint density at radius 3 is 2.80 bits per heavy atom. The molecule has 0 spiro atoms. The molecular formula is C25H28ClN7O2. The summed E-state index contributed by atoms with van der Waals surface area (Å²) in [6.45, 7) is 9.00. The van der Waals surface area contributed by atoms with Gasteiger partial charge in [0.15, 0.2) is 11.5 Å². The minimum atomic E-state index is -0.524. The van der Waals surface area contributed by atoms with Crippen molar-refractivity contribution >= 4 is 51.7 Å². The van der Waals surface area contributed by atoms with E-state index in [2.05, 4.69) is 20.5 Å². The molecule has 2 N–H and O–H groups in total. The van der Waals surface area contributed by atoms with Crippen LogP contribution in [0.15, 0.2) is 42.9 Å². The highest BCUT2D eigenvalue weighted by Gasteiger charge is 2.27. The molecule has 1 amide bonds. The number of carbonyl (C=O) groups excluding carboxylic acids is 1. The van der Waals surface area contributed by atoms with Gasteiger partial charge in [0.2, 0.25) is 0 Å². The number of nitrogens with one attached hydrogen (secondary N) is 2. The molecule has 0 bridgehead atoms. The van der Waals surface area contributed by atoms with Gasteiger partial charge in [-0.1, -0.05) is 23.7 Å². The van der Waals surface area contributed by atoms with Gasteiger partial charge < -0.3 is 20.3 Å². The normalized spacial score (nSPS) is 16.1. The Hall–Kier alpha value is -3.59. The van der Waals surface area contributed by atoms with E-state index in [1.165, 1.54) is 0 Å². The van der Waals surface area contributed by atoms with Crippen LogP contribution in [0.1, 0.15) is 32.8 Å². The molecule has 1 saturated heterocycles. The molecule has 1 atom stereocenters. The lowest BCUT2D eigenvalue weighted by atomic mass is 10.2. The Bertz CT molecular complexity index is 1390. The van der Waals surface area contributed by atoms with Gasteiger partial charge in [-0.3, -0.25) is 4.40 Å². The maximum absolute atomic E-state index is 12.2. The Balaban J connectivity index is 1.41. The quantitative estimate of drug-likeness (QED) is 0.409. The first kappa shape index (κ1) is 23.2. The second kappa shape index (κ2) is 8.88. The number of imidazole rings is 1. The molecule has 4 heterocycles. The summed E-state index contributed by atoms with van der Waals surface area (Å²) in [5.41, 5.74) is 3.55. The third-order valence-corrected chi connectivity index (χ3v) is 6.19. The van der Waals surface area contributed by atoms with Crippen molar-refractivity contribution in [2.24, 2.45) is 0 Å². The van der Waals surface area contributed by atoms with Crippen molar-refractivity contribution in [3.05, 3.63) is 53.4 Å².